The van der Waals surface area contributed by atoms with Crippen molar-refractivity contribution in [2.24, 2.45) is 5.73 Å². The van der Waals surface area contributed by atoms with Crippen molar-refractivity contribution >= 4 is 35.1 Å². The number of nitrogens with two attached hydrogens (primary N) is 1. The Hall–Kier alpha value is -2.08. The summed E-state index contributed by atoms with van der Waals surface area (Å²) in [5, 5.41) is 2.97. The Kier molecular flexibility index (Phi) is 6.68. The number of benzene rings is 1. The fourth-order valence-corrected chi connectivity index (χ4v) is 1.87. The topological polar surface area (TPSA) is 98.5 Å². The van der Waals surface area contributed by atoms with Gasteiger partial charge in [0.1, 0.15) is 0 Å². The summed E-state index contributed by atoms with van der Waals surface area (Å²) in [4.78, 5) is 34.0. The second-order valence-corrected chi connectivity index (χ2v) is 4.82. The van der Waals surface area contributed by atoms with Crippen LogP contribution in [0.4, 0.5) is 5.69 Å². The van der Waals surface area contributed by atoms with Crippen molar-refractivity contribution in [3.05, 3.63) is 28.8 Å². The maximum Gasteiger partial charge on any atom is 0.305 e. The standard InChI is InChI=1S/C14H17ClN2O4/c1-21-13(19)5-3-2-4-12(18)17-11-7-6-9(15)8-10(11)14(16)20/h6-8H,2-5H2,1H3,(H2,16,20)(H,17,18). The number of hydrogen-bond acceptors (Lipinski definition) is 4. The van der Waals surface area contributed by atoms with Gasteiger partial charge in [-0.05, 0) is 31.0 Å². The number of carbonyl (C=O) groups is 3. The molecular formula is C14H17ClN2O4. The lowest BCUT2D eigenvalue weighted by Crippen LogP contribution is -2.18. The maximum atomic E-state index is 11.8. The third-order valence-electron chi connectivity index (χ3n) is 2.78. The highest BCUT2D eigenvalue weighted by Gasteiger charge is 2.11. The third kappa shape index (κ3) is 5.83. The van der Waals surface area contributed by atoms with E-state index in [1.165, 1.54) is 19.2 Å². The summed E-state index contributed by atoms with van der Waals surface area (Å²) in [7, 11) is 1.32. The molecule has 6 nitrogen and oxygen atoms in total. The number of anilines is 1. The average Bonchev–Trinajstić information content (AvgIpc) is 2.45. The summed E-state index contributed by atoms with van der Waals surface area (Å²) < 4.78 is 4.50. The van der Waals surface area contributed by atoms with Gasteiger partial charge in [-0.3, -0.25) is 14.4 Å². The molecular weight excluding hydrogens is 296 g/mol. The molecule has 0 saturated carbocycles. The van der Waals surface area contributed by atoms with Gasteiger partial charge in [0, 0.05) is 17.9 Å². The van der Waals surface area contributed by atoms with Crippen molar-refractivity contribution in [1.82, 2.24) is 0 Å². The van der Waals surface area contributed by atoms with E-state index >= 15 is 0 Å². The van der Waals surface area contributed by atoms with Crippen LogP contribution in [0, 0.1) is 0 Å². The predicted molar refractivity (Wildman–Crippen MR) is 79.1 cm³/mol. The zero-order chi connectivity index (χ0) is 15.8. The largest absolute Gasteiger partial charge is 0.469 e. The van der Waals surface area contributed by atoms with Crippen molar-refractivity contribution in [3.8, 4) is 0 Å². The summed E-state index contributed by atoms with van der Waals surface area (Å²) in [6, 6.07) is 4.48. The molecule has 0 bridgehead atoms. The van der Waals surface area contributed by atoms with Crippen molar-refractivity contribution < 1.29 is 19.1 Å². The second-order valence-electron chi connectivity index (χ2n) is 4.39. The SMILES string of the molecule is COC(=O)CCCCC(=O)Nc1ccc(Cl)cc1C(N)=O. The minimum absolute atomic E-state index is 0.158. The molecule has 0 saturated heterocycles. The van der Waals surface area contributed by atoms with Gasteiger partial charge in [0.05, 0.1) is 18.4 Å². The number of carbonyl (C=O) groups excluding carboxylic acids is 3. The van der Waals surface area contributed by atoms with Gasteiger partial charge in [-0.25, -0.2) is 0 Å². The lowest BCUT2D eigenvalue weighted by molar-refractivity contribution is -0.140. The highest BCUT2D eigenvalue weighted by Crippen LogP contribution is 2.20. The molecule has 0 unspecified atom stereocenters. The fraction of sp³-hybridized carbons (Fsp3) is 0.357. The van der Waals surface area contributed by atoms with Gasteiger partial charge in [0.2, 0.25) is 5.91 Å². The van der Waals surface area contributed by atoms with E-state index in [0.717, 1.165) is 0 Å². The maximum absolute atomic E-state index is 11.8. The molecule has 21 heavy (non-hydrogen) atoms. The number of esters is 1. The van der Waals surface area contributed by atoms with E-state index in [1.807, 2.05) is 0 Å². The highest BCUT2D eigenvalue weighted by molar-refractivity contribution is 6.31. The summed E-state index contributed by atoms with van der Waals surface area (Å²) >= 11 is 5.78. The molecule has 0 aliphatic rings. The van der Waals surface area contributed by atoms with Gasteiger partial charge in [-0.1, -0.05) is 11.6 Å². The van der Waals surface area contributed by atoms with Crippen molar-refractivity contribution in [2.45, 2.75) is 25.7 Å². The Morgan fingerprint density at radius 2 is 1.90 bits per heavy atom. The Labute approximate surface area is 127 Å². The fourth-order valence-electron chi connectivity index (χ4n) is 1.70. The molecule has 0 atom stereocenters. The number of primary amides is 1. The van der Waals surface area contributed by atoms with Crippen LogP contribution in [0.25, 0.3) is 0 Å². The molecule has 7 heteroatoms. The van der Waals surface area contributed by atoms with Crippen LogP contribution in [0.1, 0.15) is 36.0 Å². The van der Waals surface area contributed by atoms with Crippen LogP contribution in [0.15, 0.2) is 18.2 Å². The van der Waals surface area contributed by atoms with Crippen LogP contribution in [0.5, 0.6) is 0 Å². The first-order valence-corrected chi connectivity index (χ1v) is 6.78. The van der Waals surface area contributed by atoms with Crippen LogP contribution < -0.4 is 11.1 Å². The minimum Gasteiger partial charge on any atom is -0.469 e. The third-order valence-corrected chi connectivity index (χ3v) is 3.02. The van der Waals surface area contributed by atoms with Gasteiger partial charge in [-0.15, -0.1) is 0 Å². The van der Waals surface area contributed by atoms with E-state index in [1.54, 1.807) is 6.07 Å². The Balaban J connectivity index is 2.52. The summed E-state index contributed by atoms with van der Waals surface area (Å²) in [6.07, 6.45) is 1.61. The number of unbranched alkanes of at least 4 members (excludes halogenated alkanes) is 1. The molecule has 0 spiro atoms. The number of nitrogens with one attached hydrogen (secondary N) is 1. The number of methoxy groups -OCH3 is 1. The van der Waals surface area contributed by atoms with Crippen molar-refractivity contribution in [2.75, 3.05) is 12.4 Å². The monoisotopic (exact) mass is 312 g/mol. The number of ether oxygens (including phenoxy) is 1. The molecule has 0 aliphatic carbocycles. The lowest BCUT2D eigenvalue weighted by atomic mass is 10.1. The van der Waals surface area contributed by atoms with Gasteiger partial charge < -0.3 is 15.8 Å². The smallest absolute Gasteiger partial charge is 0.305 e. The molecule has 2 amide bonds. The number of amides is 2. The molecule has 1 aromatic carbocycles. The summed E-state index contributed by atoms with van der Waals surface area (Å²) in [6.45, 7) is 0. The van der Waals surface area contributed by atoms with Gasteiger partial charge >= 0.3 is 5.97 Å². The van der Waals surface area contributed by atoms with E-state index in [0.29, 0.717) is 23.6 Å². The Bertz CT molecular complexity index is 546. The van der Waals surface area contributed by atoms with Crippen LogP contribution in [-0.4, -0.2) is 24.9 Å². The Morgan fingerprint density at radius 3 is 2.52 bits per heavy atom. The number of rotatable bonds is 7. The minimum atomic E-state index is -0.668. The zero-order valence-corrected chi connectivity index (χ0v) is 12.4. The first-order chi connectivity index (χ1) is 9.93. The first kappa shape index (κ1) is 17.0. The molecule has 0 heterocycles. The summed E-state index contributed by atoms with van der Waals surface area (Å²) in [5.74, 6) is -1.23. The molecule has 0 radical (unpaired) electrons. The van der Waals surface area contributed by atoms with Crippen molar-refractivity contribution in [3.63, 3.8) is 0 Å². The average molecular weight is 313 g/mol. The van der Waals surface area contributed by atoms with E-state index in [9.17, 15) is 14.4 Å². The Morgan fingerprint density at radius 1 is 1.24 bits per heavy atom. The van der Waals surface area contributed by atoms with Gasteiger partial charge in [0.25, 0.3) is 5.91 Å². The van der Waals surface area contributed by atoms with Crippen LogP contribution in [-0.2, 0) is 14.3 Å². The van der Waals surface area contributed by atoms with Crippen LogP contribution >= 0.6 is 11.6 Å². The quantitative estimate of drug-likeness (QED) is 0.595. The van der Waals surface area contributed by atoms with Crippen LogP contribution in [0.2, 0.25) is 5.02 Å². The molecule has 114 valence electrons. The zero-order valence-electron chi connectivity index (χ0n) is 11.6. The second kappa shape index (κ2) is 8.26. The first-order valence-electron chi connectivity index (χ1n) is 6.40. The van der Waals surface area contributed by atoms with Crippen LogP contribution in [0.3, 0.4) is 0 Å². The van der Waals surface area contributed by atoms with Gasteiger partial charge in [0.15, 0.2) is 0 Å². The highest BCUT2D eigenvalue weighted by atomic mass is 35.5. The van der Waals surface area contributed by atoms with E-state index < -0.39 is 5.91 Å². The normalized spacial score (nSPS) is 10.0. The molecule has 1 rings (SSSR count). The summed E-state index contributed by atoms with van der Waals surface area (Å²) in [5.41, 5.74) is 5.71. The van der Waals surface area contributed by atoms with Gasteiger partial charge in [-0.2, -0.15) is 0 Å². The number of halogens is 1. The molecule has 0 aromatic heterocycles. The van der Waals surface area contributed by atoms with E-state index in [4.69, 9.17) is 17.3 Å². The molecule has 0 fully saturated rings. The predicted octanol–water partition coefficient (Wildman–Crippen LogP) is 2.11. The molecule has 3 N–H and O–H groups in total. The lowest BCUT2D eigenvalue weighted by Gasteiger charge is -2.09. The molecule has 0 aliphatic heterocycles. The van der Waals surface area contributed by atoms with E-state index in [-0.39, 0.29) is 30.3 Å². The number of hydrogen-bond donors (Lipinski definition) is 2. The molecule has 1 aromatic rings. The van der Waals surface area contributed by atoms with Crippen molar-refractivity contribution in [1.29, 1.82) is 0 Å². The van der Waals surface area contributed by atoms with E-state index in [2.05, 4.69) is 10.1 Å².